The van der Waals surface area contributed by atoms with Crippen LogP contribution in [0.3, 0.4) is 0 Å². The Hall–Kier alpha value is -0.0800. The molecule has 2 aliphatic heterocycles. The quantitative estimate of drug-likeness (QED) is 0.723. The molecule has 14 heavy (non-hydrogen) atoms. The Morgan fingerprint density at radius 3 is 2.71 bits per heavy atom. The molecule has 0 saturated carbocycles. The van der Waals surface area contributed by atoms with E-state index in [1.54, 1.807) is 0 Å². The number of nitrogens with one attached hydrogen (secondary N) is 1. The fourth-order valence-corrected chi connectivity index (χ4v) is 3.26. The predicted molar refractivity (Wildman–Crippen MR) is 60.4 cm³/mol. The lowest BCUT2D eigenvalue weighted by Gasteiger charge is -2.41. The van der Waals surface area contributed by atoms with Crippen LogP contribution in [0.5, 0.6) is 0 Å². The van der Waals surface area contributed by atoms with Gasteiger partial charge in [-0.05, 0) is 57.3 Å². The van der Waals surface area contributed by atoms with E-state index >= 15 is 0 Å². The average molecular weight is 196 g/mol. The smallest absolute Gasteiger partial charge is 0.00120 e. The van der Waals surface area contributed by atoms with Gasteiger partial charge in [-0.15, -0.1) is 0 Å². The Labute approximate surface area is 88.1 Å². The van der Waals surface area contributed by atoms with Crippen molar-refractivity contribution < 1.29 is 0 Å². The molecule has 2 rings (SSSR count). The van der Waals surface area contributed by atoms with Crippen molar-refractivity contribution in [2.75, 3.05) is 33.2 Å². The molecule has 2 fully saturated rings. The minimum absolute atomic E-state index is 0.669. The summed E-state index contributed by atoms with van der Waals surface area (Å²) < 4.78 is 0. The monoisotopic (exact) mass is 196 g/mol. The SMILES string of the molecule is CCCC1CNCC12CCN(C)CC2. The van der Waals surface area contributed by atoms with Crippen LogP contribution in [0.2, 0.25) is 0 Å². The zero-order valence-electron chi connectivity index (χ0n) is 9.68. The van der Waals surface area contributed by atoms with Crippen molar-refractivity contribution in [2.24, 2.45) is 11.3 Å². The molecule has 2 nitrogen and oxygen atoms in total. The lowest BCUT2D eigenvalue weighted by atomic mass is 9.69. The molecule has 82 valence electrons. The largest absolute Gasteiger partial charge is 0.316 e. The van der Waals surface area contributed by atoms with Gasteiger partial charge in [0.05, 0.1) is 0 Å². The number of hydrogen-bond acceptors (Lipinski definition) is 2. The van der Waals surface area contributed by atoms with Crippen LogP contribution in [0.1, 0.15) is 32.6 Å². The first kappa shape index (κ1) is 10.4. The minimum atomic E-state index is 0.669. The molecule has 1 N–H and O–H groups in total. The van der Waals surface area contributed by atoms with E-state index in [4.69, 9.17) is 0 Å². The number of nitrogens with zero attached hydrogens (tertiary/aromatic N) is 1. The summed E-state index contributed by atoms with van der Waals surface area (Å²) in [6.07, 6.45) is 5.61. The van der Waals surface area contributed by atoms with Crippen LogP contribution in [0.25, 0.3) is 0 Å². The van der Waals surface area contributed by atoms with Gasteiger partial charge in [0.15, 0.2) is 0 Å². The Morgan fingerprint density at radius 2 is 2.07 bits per heavy atom. The maximum Gasteiger partial charge on any atom is 0.00120 e. The second-order valence-corrected chi connectivity index (χ2v) is 5.28. The lowest BCUT2D eigenvalue weighted by Crippen LogP contribution is -2.42. The van der Waals surface area contributed by atoms with Crippen molar-refractivity contribution in [3.63, 3.8) is 0 Å². The highest BCUT2D eigenvalue weighted by Crippen LogP contribution is 2.43. The van der Waals surface area contributed by atoms with Gasteiger partial charge in [-0.3, -0.25) is 0 Å². The molecule has 1 unspecified atom stereocenters. The molecule has 2 heteroatoms. The van der Waals surface area contributed by atoms with Crippen LogP contribution in [0.4, 0.5) is 0 Å². The van der Waals surface area contributed by atoms with Gasteiger partial charge in [0.25, 0.3) is 0 Å². The summed E-state index contributed by atoms with van der Waals surface area (Å²) in [6, 6.07) is 0. The highest BCUT2D eigenvalue weighted by molar-refractivity contribution is 4.97. The first-order valence-corrected chi connectivity index (χ1v) is 6.16. The summed E-state index contributed by atoms with van der Waals surface area (Å²) in [4.78, 5) is 2.48. The normalized spacial score (nSPS) is 32.6. The van der Waals surface area contributed by atoms with Crippen molar-refractivity contribution >= 4 is 0 Å². The number of hydrogen-bond donors (Lipinski definition) is 1. The first-order valence-electron chi connectivity index (χ1n) is 6.16. The van der Waals surface area contributed by atoms with E-state index in [9.17, 15) is 0 Å². The highest BCUT2D eigenvalue weighted by Gasteiger charge is 2.43. The molecule has 1 spiro atoms. The molecule has 0 aromatic rings. The molecule has 0 bridgehead atoms. The van der Waals surface area contributed by atoms with Crippen LogP contribution in [-0.4, -0.2) is 38.1 Å². The molecule has 0 aromatic carbocycles. The van der Waals surface area contributed by atoms with E-state index in [2.05, 4.69) is 24.2 Å². The molecule has 1 atom stereocenters. The summed E-state index contributed by atoms with van der Waals surface area (Å²) in [5.74, 6) is 0.959. The predicted octanol–water partition coefficient (Wildman–Crippen LogP) is 1.72. The topological polar surface area (TPSA) is 15.3 Å². The summed E-state index contributed by atoms with van der Waals surface area (Å²) in [5, 5.41) is 3.61. The first-order chi connectivity index (χ1) is 6.77. The maximum atomic E-state index is 3.61. The molecule has 2 heterocycles. The van der Waals surface area contributed by atoms with Gasteiger partial charge in [0.2, 0.25) is 0 Å². The van der Waals surface area contributed by atoms with Crippen molar-refractivity contribution in [3.8, 4) is 0 Å². The molecule has 2 saturated heterocycles. The maximum absolute atomic E-state index is 3.61. The molecule has 0 amide bonds. The van der Waals surface area contributed by atoms with E-state index in [1.165, 1.54) is 51.9 Å². The van der Waals surface area contributed by atoms with Crippen molar-refractivity contribution in [2.45, 2.75) is 32.6 Å². The third-order valence-electron chi connectivity index (χ3n) is 4.35. The van der Waals surface area contributed by atoms with E-state index in [0.717, 1.165) is 5.92 Å². The van der Waals surface area contributed by atoms with Crippen molar-refractivity contribution in [3.05, 3.63) is 0 Å². The Kier molecular flexibility index (Phi) is 3.13. The van der Waals surface area contributed by atoms with Gasteiger partial charge in [0.1, 0.15) is 0 Å². The second kappa shape index (κ2) is 4.19. The second-order valence-electron chi connectivity index (χ2n) is 5.28. The average Bonchev–Trinajstić information content (AvgIpc) is 2.56. The Balaban J connectivity index is 1.99. The number of piperidine rings is 1. The standard InChI is InChI=1S/C12H24N2/c1-3-4-11-9-13-10-12(11)5-7-14(2)8-6-12/h11,13H,3-10H2,1-2H3. The molecular formula is C12H24N2. The van der Waals surface area contributed by atoms with Gasteiger partial charge in [0, 0.05) is 6.54 Å². The molecule has 0 aromatic heterocycles. The molecule has 0 radical (unpaired) electrons. The fraction of sp³-hybridized carbons (Fsp3) is 1.00. The Morgan fingerprint density at radius 1 is 1.36 bits per heavy atom. The summed E-state index contributed by atoms with van der Waals surface area (Å²) >= 11 is 0. The van der Waals surface area contributed by atoms with Crippen LogP contribution < -0.4 is 5.32 Å². The van der Waals surface area contributed by atoms with Gasteiger partial charge < -0.3 is 10.2 Å². The van der Waals surface area contributed by atoms with Gasteiger partial charge in [-0.2, -0.15) is 0 Å². The lowest BCUT2D eigenvalue weighted by molar-refractivity contribution is 0.0919. The van der Waals surface area contributed by atoms with Crippen LogP contribution in [0.15, 0.2) is 0 Å². The van der Waals surface area contributed by atoms with E-state index in [-0.39, 0.29) is 0 Å². The van der Waals surface area contributed by atoms with Crippen LogP contribution in [0, 0.1) is 11.3 Å². The summed E-state index contributed by atoms with van der Waals surface area (Å²) in [6.45, 7) is 7.49. The molecular weight excluding hydrogens is 172 g/mol. The minimum Gasteiger partial charge on any atom is -0.316 e. The van der Waals surface area contributed by atoms with E-state index in [0.29, 0.717) is 5.41 Å². The summed E-state index contributed by atoms with van der Waals surface area (Å²) in [5.41, 5.74) is 0.669. The van der Waals surface area contributed by atoms with Gasteiger partial charge in [-0.1, -0.05) is 13.3 Å². The zero-order chi connectivity index (χ0) is 10.0. The van der Waals surface area contributed by atoms with E-state index < -0.39 is 0 Å². The van der Waals surface area contributed by atoms with Crippen molar-refractivity contribution in [1.82, 2.24) is 10.2 Å². The highest BCUT2D eigenvalue weighted by atomic mass is 15.1. The van der Waals surface area contributed by atoms with E-state index in [1.807, 2.05) is 0 Å². The number of likely N-dealkylation sites (tertiary alicyclic amines) is 1. The molecule has 0 aliphatic carbocycles. The van der Waals surface area contributed by atoms with Gasteiger partial charge >= 0.3 is 0 Å². The van der Waals surface area contributed by atoms with Crippen LogP contribution >= 0.6 is 0 Å². The Bertz CT molecular complexity index is 183. The van der Waals surface area contributed by atoms with Crippen molar-refractivity contribution in [1.29, 1.82) is 0 Å². The third-order valence-corrected chi connectivity index (χ3v) is 4.35. The summed E-state index contributed by atoms with van der Waals surface area (Å²) in [7, 11) is 2.25. The fourth-order valence-electron chi connectivity index (χ4n) is 3.26. The van der Waals surface area contributed by atoms with Crippen LogP contribution in [-0.2, 0) is 0 Å². The van der Waals surface area contributed by atoms with Gasteiger partial charge in [-0.25, -0.2) is 0 Å². The zero-order valence-corrected chi connectivity index (χ0v) is 9.68. The molecule has 2 aliphatic rings. The third kappa shape index (κ3) is 1.82. The number of rotatable bonds is 2.